The van der Waals surface area contributed by atoms with E-state index in [1.165, 1.54) is 6.26 Å². The summed E-state index contributed by atoms with van der Waals surface area (Å²) in [7, 11) is 0. The molecule has 2 aromatic heterocycles. The van der Waals surface area contributed by atoms with Crippen LogP contribution in [0.2, 0.25) is 0 Å². The Hall–Kier alpha value is -3.12. The van der Waals surface area contributed by atoms with Crippen LogP contribution in [0, 0.1) is 5.92 Å². The fourth-order valence-corrected chi connectivity index (χ4v) is 4.06. The highest BCUT2D eigenvalue weighted by Gasteiger charge is 2.20. The van der Waals surface area contributed by atoms with Crippen LogP contribution in [0.3, 0.4) is 0 Å². The lowest BCUT2D eigenvalue weighted by Crippen LogP contribution is -2.33. The van der Waals surface area contributed by atoms with Gasteiger partial charge in [0, 0.05) is 17.3 Å². The first-order valence-electron chi connectivity index (χ1n) is 9.97. The van der Waals surface area contributed by atoms with Gasteiger partial charge in [0.05, 0.1) is 18.5 Å². The maximum absolute atomic E-state index is 12.8. The Kier molecular flexibility index (Phi) is 6.14. The summed E-state index contributed by atoms with van der Waals surface area (Å²) in [4.78, 5) is 19.2. The first kappa shape index (κ1) is 20.2. The van der Waals surface area contributed by atoms with Crippen LogP contribution in [-0.2, 0) is 13.2 Å². The molecule has 0 atom stereocenters. The molecule has 0 spiro atoms. The quantitative estimate of drug-likeness (QED) is 0.363. The maximum Gasteiger partial charge on any atom is 0.289 e. The van der Waals surface area contributed by atoms with Crippen LogP contribution in [0.25, 0.3) is 10.8 Å². The fourth-order valence-electron chi connectivity index (χ4n) is 3.36. The Morgan fingerprint density at radius 1 is 1.13 bits per heavy atom. The zero-order valence-corrected chi connectivity index (χ0v) is 17.9. The number of ether oxygens (including phenoxy) is 1. The number of hydrogen-bond donors (Lipinski definition) is 0. The molecule has 0 N–H and O–H groups in total. The first-order chi connectivity index (χ1) is 14.6. The van der Waals surface area contributed by atoms with Crippen LogP contribution >= 0.6 is 11.3 Å². The molecule has 2 aromatic carbocycles. The molecule has 0 saturated heterocycles. The van der Waals surface area contributed by atoms with Gasteiger partial charge in [-0.1, -0.05) is 50.2 Å². The predicted molar refractivity (Wildman–Crippen MR) is 119 cm³/mol. The molecule has 0 aliphatic rings. The number of fused-ring (bicyclic) bond motifs is 1. The average molecular weight is 421 g/mol. The molecule has 6 heteroatoms. The second-order valence-corrected chi connectivity index (χ2v) is 8.50. The minimum absolute atomic E-state index is 0.116. The Morgan fingerprint density at radius 2 is 1.97 bits per heavy atom. The third-order valence-corrected chi connectivity index (χ3v) is 5.53. The van der Waals surface area contributed by atoms with Crippen molar-refractivity contribution in [3.05, 3.63) is 82.7 Å². The zero-order valence-electron chi connectivity index (χ0n) is 17.1. The number of carbonyl (C=O) groups excluding carboxylic acids is 1. The van der Waals surface area contributed by atoms with Gasteiger partial charge in [0.25, 0.3) is 5.91 Å². The fraction of sp³-hybridized carbons (Fsp3) is 0.250. The van der Waals surface area contributed by atoms with Gasteiger partial charge < -0.3 is 14.1 Å². The minimum Gasteiger partial charge on any atom is -0.486 e. The van der Waals surface area contributed by atoms with Crippen molar-refractivity contribution in [2.24, 2.45) is 5.92 Å². The van der Waals surface area contributed by atoms with Crippen LogP contribution in [0.1, 0.15) is 35.1 Å². The van der Waals surface area contributed by atoms with Gasteiger partial charge in [-0.2, -0.15) is 0 Å². The van der Waals surface area contributed by atoms with Crippen molar-refractivity contribution in [1.82, 2.24) is 9.88 Å². The SMILES string of the molecule is CC(C)CN(Cc1csc(COc2cccc3ccccc23)n1)C(=O)c1ccco1. The number of benzene rings is 2. The lowest BCUT2D eigenvalue weighted by Gasteiger charge is -2.22. The van der Waals surface area contributed by atoms with Crippen LogP contribution in [-0.4, -0.2) is 22.3 Å². The standard InChI is InChI=1S/C24H24N2O3S/c1-17(2)13-26(24(27)22-11-6-12-28-22)14-19-16-30-23(25-19)15-29-21-10-5-8-18-7-3-4-9-20(18)21/h3-12,16-17H,13-15H2,1-2H3. The van der Waals surface area contributed by atoms with Crippen molar-refractivity contribution in [2.45, 2.75) is 27.0 Å². The number of rotatable bonds is 8. The van der Waals surface area contributed by atoms with E-state index < -0.39 is 0 Å². The maximum atomic E-state index is 12.8. The van der Waals surface area contributed by atoms with Gasteiger partial charge in [0.1, 0.15) is 17.4 Å². The van der Waals surface area contributed by atoms with Crippen molar-refractivity contribution >= 4 is 28.0 Å². The molecule has 0 aliphatic carbocycles. The lowest BCUT2D eigenvalue weighted by molar-refractivity contribution is 0.0688. The summed E-state index contributed by atoms with van der Waals surface area (Å²) in [5, 5.41) is 5.11. The lowest BCUT2D eigenvalue weighted by atomic mass is 10.1. The minimum atomic E-state index is -0.116. The number of hydrogen-bond acceptors (Lipinski definition) is 5. The Bertz CT molecular complexity index is 1110. The van der Waals surface area contributed by atoms with Gasteiger partial charge in [-0.3, -0.25) is 4.79 Å². The van der Waals surface area contributed by atoms with Crippen LogP contribution in [0.5, 0.6) is 5.75 Å². The Balaban J connectivity index is 1.44. The van der Waals surface area contributed by atoms with E-state index in [2.05, 4.69) is 37.0 Å². The highest BCUT2D eigenvalue weighted by molar-refractivity contribution is 7.09. The molecular weight excluding hydrogens is 396 g/mol. The van der Waals surface area contributed by atoms with Gasteiger partial charge in [-0.25, -0.2) is 4.98 Å². The summed E-state index contributed by atoms with van der Waals surface area (Å²) in [6.07, 6.45) is 1.52. The topological polar surface area (TPSA) is 55.6 Å². The molecule has 0 fully saturated rings. The highest BCUT2D eigenvalue weighted by atomic mass is 32.1. The number of furan rings is 1. The second kappa shape index (κ2) is 9.13. The van der Waals surface area contributed by atoms with Gasteiger partial charge in [0.15, 0.2) is 5.76 Å². The van der Waals surface area contributed by atoms with E-state index in [4.69, 9.17) is 9.15 Å². The zero-order chi connectivity index (χ0) is 20.9. The molecule has 0 saturated carbocycles. The first-order valence-corrected chi connectivity index (χ1v) is 10.8. The molecule has 5 nitrogen and oxygen atoms in total. The number of carbonyl (C=O) groups is 1. The van der Waals surface area contributed by atoms with Crippen molar-refractivity contribution in [2.75, 3.05) is 6.54 Å². The van der Waals surface area contributed by atoms with Gasteiger partial charge in [-0.15, -0.1) is 11.3 Å². The van der Waals surface area contributed by atoms with Crippen molar-refractivity contribution < 1.29 is 13.9 Å². The van der Waals surface area contributed by atoms with Gasteiger partial charge in [-0.05, 0) is 29.5 Å². The highest BCUT2D eigenvalue weighted by Crippen LogP contribution is 2.26. The van der Waals surface area contributed by atoms with E-state index in [0.717, 1.165) is 27.2 Å². The molecule has 1 amide bonds. The molecule has 4 aromatic rings. The van der Waals surface area contributed by atoms with Crippen LogP contribution in [0.4, 0.5) is 0 Å². The average Bonchev–Trinajstić information content (AvgIpc) is 3.43. The molecule has 2 heterocycles. The summed E-state index contributed by atoms with van der Waals surface area (Å²) in [6.45, 7) is 5.66. The summed E-state index contributed by atoms with van der Waals surface area (Å²) >= 11 is 1.55. The van der Waals surface area contributed by atoms with Crippen LogP contribution < -0.4 is 4.74 Å². The number of aromatic nitrogens is 1. The van der Waals surface area contributed by atoms with E-state index in [0.29, 0.717) is 31.4 Å². The van der Waals surface area contributed by atoms with Gasteiger partial charge >= 0.3 is 0 Å². The second-order valence-electron chi connectivity index (χ2n) is 7.56. The summed E-state index contributed by atoms with van der Waals surface area (Å²) in [5.74, 6) is 1.43. The molecule has 30 heavy (non-hydrogen) atoms. The summed E-state index contributed by atoms with van der Waals surface area (Å²) in [5.41, 5.74) is 0.858. The Morgan fingerprint density at radius 3 is 2.77 bits per heavy atom. The normalized spacial score (nSPS) is 11.2. The molecule has 0 bridgehead atoms. The van der Waals surface area contributed by atoms with E-state index >= 15 is 0 Å². The van der Waals surface area contributed by atoms with E-state index in [-0.39, 0.29) is 5.91 Å². The Labute approximate surface area is 179 Å². The smallest absolute Gasteiger partial charge is 0.289 e. The molecule has 0 aliphatic heterocycles. The third kappa shape index (κ3) is 4.71. The van der Waals surface area contributed by atoms with E-state index in [9.17, 15) is 4.79 Å². The monoisotopic (exact) mass is 420 g/mol. The summed E-state index contributed by atoms with van der Waals surface area (Å²) in [6, 6.07) is 17.6. The van der Waals surface area contributed by atoms with Crippen molar-refractivity contribution in [3.63, 3.8) is 0 Å². The molecule has 4 rings (SSSR count). The van der Waals surface area contributed by atoms with Crippen molar-refractivity contribution in [1.29, 1.82) is 0 Å². The number of amides is 1. The third-order valence-electron chi connectivity index (χ3n) is 4.66. The largest absolute Gasteiger partial charge is 0.486 e. The molecular formula is C24H24N2O3S. The molecule has 0 radical (unpaired) electrons. The van der Waals surface area contributed by atoms with Crippen LogP contribution in [0.15, 0.2) is 70.7 Å². The molecule has 154 valence electrons. The van der Waals surface area contributed by atoms with Crippen molar-refractivity contribution in [3.8, 4) is 5.75 Å². The molecule has 0 unspecified atom stereocenters. The predicted octanol–water partition coefficient (Wildman–Crippen LogP) is 5.77. The number of thiazole rings is 1. The van der Waals surface area contributed by atoms with Gasteiger partial charge in [0.2, 0.25) is 0 Å². The number of nitrogens with zero attached hydrogens (tertiary/aromatic N) is 2. The van der Waals surface area contributed by atoms with E-state index in [1.807, 2.05) is 29.6 Å². The van der Waals surface area contributed by atoms with E-state index in [1.54, 1.807) is 28.4 Å². The summed E-state index contributed by atoms with van der Waals surface area (Å²) < 4.78 is 11.3.